The number of benzene rings is 3. The predicted molar refractivity (Wildman–Crippen MR) is 132 cm³/mol. The maximum absolute atomic E-state index is 12.8. The molecule has 0 saturated carbocycles. The Hall–Kier alpha value is -3.95. The van der Waals surface area contributed by atoms with Gasteiger partial charge in [0.15, 0.2) is 0 Å². The minimum absolute atomic E-state index is 0.0863. The molecule has 8 nitrogen and oxygen atoms in total. The number of pyridine rings is 1. The first-order valence-corrected chi connectivity index (χ1v) is 11.9. The zero-order valence-electron chi connectivity index (χ0n) is 17.9. The molecule has 0 aliphatic carbocycles. The van der Waals surface area contributed by atoms with E-state index in [1.54, 1.807) is 30.3 Å². The van der Waals surface area contributed by atoms with Crippen molar-refractivity contribution >= 4 is 50.3 Å². The van der Waals surface area contributed by atoms with Crippen molar-refractivity contribution in [1.29, 1.82) is 0 Å². The molecule has 0 spiro atoms. The lowest BCUT2D eigenvalue weighted by Gasteiger charge is -2.12. The topological polar surface area (TPSA) is 110 Å². The molecule has 1 heterocycles. The van der Waals surface area contributed by atoms with Crippen LogP contribution in [0.2, 0.25) is 5.15 Å². The third-order valence-electron chi connectivity index (χ3n) is 4.83. The molecule has 2 N–H and O–H groups in total. The normalized spacial score (nSPS) is 11.5. The van der Waals surface area contributed by atoms with Gasteiger partial charge in [-0.25, -0.2) is 18.8 Å². The van der Waals surface area contributed by atoms with Gasteiger partial charge in [-0.2, -0.15) is 5.10 Å². The largest absolute Gasteiger partial charge is 0.495 e. The van der Waals surface area contributed by atoms with Crippen LogP contribution in [-0.4, -0.2) is 32.6 Å². The molecule has 0 radical (unpaired) electrons. The number of hydrogen-bond acceptors (Lipinski definition) is 6. The standard InChI is InChI=1S/C24H19ClN4O4S/c1-33-22-12-5-4-11-21(22)29-34(31,32)19-9-6-8-17(14-19)24(30)28-26-15-18-13-16-7-2-3-10-20(16)27-23(18)25/h2-15,29H,1H3,(H,28,30). The predicted octanol–water partition coefficient (Wildman–Crippen LogP) is 4.46. The van der Waals surface area contributed by atoms with Crippen molar-refractivity contribution in [3.8, 4) is 5.75 Å². The van der Waals surface area contributed by atoms with Crippen LogP contribution in [0.1, 0.15) is 15.9 Å². The Morgan fingerprint density at radius 2 is 1.79 bits per heavy atom. The quantitative estimate of drug-likeness (QED) is 0.224. The molecule has 0 atom stereocenters. The molecule has 172 valence electrons. The first-order chi connectivity index (χ1) is 16.4. The molecular formula is C24H19ClN4O4S. The van der Waals surface area contributed by atoms with Crippen LogP contribution in [-0.2, 0) is 10.0 Å². The number of halogens is 1. The lowest BCUT2D eigenvalue weighted by molar-refractivity contribution is 0.0955. The van der Waals surface area contributed by atoms with Gasteiger partial charge in [0.05, 0.1) is 29.4 Å². The van der Waals surface area contributed by atoms with Gasteiger partial charge >= 0.3 is 0 Å². The first kappa shape index (κ1) is 23.2. The average molecular weight is 495 g/mol. The molecule has 1 aromatic heterocycles. The molecule has 1 amide bonds. The number of aromatic nitrogens is 1. The lowest BCUT2D eigenvalue weighted by Crippen LogP contribution is -2.19. The zero-order valence-corrected chi connectivity index (χ0v) is 19.5. The Labute approximate surface area is 201 Å². The van der Waals surface area contributed by atoms with Gasteiger partial charge in [0.1, 0.15) is 10.9 Å². The van der Waals surface area contributed by atoms with E-state index in [4.69, 9.17) is 16.3 Å². The van der Waals surface area contributed by atoms with Gasteiger partial charge in [-0.05, 0) is 42.5 Å². The van der Waals surface area contributed by atoms with Gasteiger partial charge in [0, 0.05) is 16.5 Å². The Morgan fingerprint density at radius 1 is 1.03 bits per heavy atom. The number of ether oxygens (including phenoxy) is 1. The zero-order chi connectivity index (χ0) is 24.1. The van der Waals surface area contributed by atoms with Crippen LogP contribution in [0.4, 0.5) is 5.69 Å². The molecule has 0 fully saturated rings. The van der Waals surface area contributed by atoms with Crippen LogP contribution in [0.25, 0.3) is 10.9 Å². The van der Waals surface area contributed by atoms with Gasteiger partial charge < -0.3 is 4.74 Å². The van der Waals surface area contributed by atoms with Crippen LogP contribution in [0.15, 0.2) is 88.9 Å². The van der Waals surface area contributed by atoms with E-state index in [2.05, 4.69) is 20.2 Å². The van der Waals surface area contributed by atoms with Crippen LogP contribution >= 0.6 is 11.6 Å². The highest BCUT2D eigenvalue weighted by Gasteiger charge is 2.18. The summed E-state index contributed by atoms with van der Waals surface area (Å²) in [5.74, 6) is -0.216. The smallest absolute Gasteiger partial charge is 0.271 e. The SMILES string of the molecule is COc1ccccc1NS(=O)(=O)c1cccc(C(=O)NN=Cc2cc3ccccc3nc2Cl)c1. The summed E-state index contributed by atoms with van der Waals surface area (Å²) in [6.07, 6.45) is 1.38. The average Bonchev–Trinajstić information content (AvgIpc) is 2.84. The van der Waals surface area contributed by atoms with E-state index in [0.717, 1.165) is 10.9 Å². The molecule has 3 aromatic carbocycles. The first-order valence-electron chi connectivity index (χ1n) is 10.0. The van der Waals surface area contributed by atoms with Crippen molar-refractivity contribution in [2.24, 2.45) is 5.10 Å². The summed E-state index contributed by atoms with van der Waals surface area (Å²) >= 11 is 6.20. The van der Waals surface area contributed by atoms with Gasteiger partial charge in [0.2, 0.25) is 0 Å². The third-order valence-corrected chi connectivity index (χ3v) is 6.50. The maximum Gasteiger partial charge on any atom is 0.271 e. The highest BCUT2D eigenvalue weighted by molar-refractivity contribution is 7.92. The number of hydrogen-bond donors (Lipinski definition) is 2. The minimum atomic E-state index is -3.97. The number of fused-ring (bicyclic) bond motifs is 1. The van der Waals surface area contributed by atoms with Gasteiger partial charge in [-0.15, -0.1) is 0 Å². The summed E-state index contributed by atoms with van der Waals surface area (Å²) in [5, 5.41) is 5.06. The van der Waals surface area contributed by atoms with Crippen molar-refractivity contribution < 1.29 is 17.9 Å². The molecule has 4 rings (SSSR count). The fraction of sp³-hybridized carbons (Fsp3) is 0.0417. The molecular weight excluding hydrogens is 476 g/mol. The molecule has 34 heavy (non-hydrogen) atoms. The number of hydrazone groups is 1. The molecule has 10 heteroatoms. The van der Waals surface area contributed by atoms with E-state index in [9.17, 15) is 13.2 Å². The number of amides is 1. The molecule has 0 aliphatic heterocycles. The number of nitrogens with zero attached hydrogens (tertiary/aromatic N) is 2. The van der Waals surface area contributed by atoms with Crippen LogP contribution in [0.5, 0.6) is 5.75 Å². The second-order valence-corrected chi connectivity index (χ2v) is 9.13. The number of nitrogens with one attached hydrogen (secondary N) is 2. The summed E-state index contributed by atoms with van der Waals surface area (Å²) in [7, 11) is -2.52. The van der Waals surface area contributed by atoms with Gasteiger partial charge in [-0.3, -0.25) is 9.52 Å². The highest BCUT2D eigenvalue weighted by Crippen LogP contribution is 2.26. The van der Waals surface area contributed by atoms with Crippen molar-refractivity contribution in [2.75, 3.05) is 11.8 Å². The van der Waals surface area contributed by atoms with Crippen LogP contribution < -0.4 is 14.9 Å². The van der Waals surface area contributed by atoms with Crippen molar-refractivity contribution in [2.45, 2.75) is 4.90 Å². The van der Waals surface area contributed by atoms with Crippen molar-refractivity contribution in [3.63, 3.8) is 0 Å². The van der Waals surface area contributed by atoms with E-state index in [1.807, 2.05) is 24.3 Å². The van der Waals surface area contributed by atoms with Gasteiger partial charge in [-0.1, -0.05) is 48.0 Å². The summed E-state index contributed by atoms with van der Waals surface area (Å²) < 4.78 is 33.3. The van der Waals surface area contributed by atoms with E-state index >= 15 is 0 Å². The number of sulfonamides is 1. The minimum Gasteiger partial charge on any atom is -0.495 e. The Bertz CT molecular complexity index is 1510. The fourth-order valence-corrected chi connectivity index (χ4v) is 4.47. The van der Waals surface area contributed by atoms with Crippen molar-refractivity contribution in [3.05, 3.63) is 95.1 Å². The number of rotatable bonds is 7. The molecule has 4 aromatic rings. The van der Waals surface area contributed by atoms with E-state index in [-0.39, 0.29) is 21.3 Å². The van der Waals surface area contributed by atoms with E-state index in [1.165, 1.54) is 37.6 Å². The highest BCUT2D eigenvalue weighted by atomic mass is 35.5. The number of methoxy groups -OCH3 is 1. The maximum atomic E-state index is 12.8. The molecule has 0 bridgehead atoms. The molecule has 0 saturated heterocycles. The number of carbonyl (C=O) groups excluding carboxylic acids is 1. The Balaban J connectivity index is 1.50. The molecule has 0 aliphatic rings. The Morgan fingerprint density at radius 3 is 2.62 bits per heavy atom. The van der Waals surface area contributed by atoms with Gasteiger partial charge in [0.25, 0.3) is 15.9 Å². The van der Waals surface area contributed by atoms with Crippen LogP contribution in [0, 0.1) is 0 Å². The summed E-state index contributed by atoms with van der Waals surface area (Å²) in [5.41, 5.74) is 4.04. The number of anilines is 1. The summed E-state index contributed by atoms with van der Waals surface area (Å²) in [4.78, 5) is 16.8. The second-order valence-electron chi connectivity index (χ2n) is 7.09. The number of carbonyl (C=O) groups is 1. The van der Waals surface area contributed by atoms with E-state index < -0.39 is 15.9 Å². The number of para-hydroxylation sites is 3. The fourth-order valence-electron chi connectivity index (χ4n) is 3.16. The summed E-state index contributed by atoms with van der Waals surface area (Å²) in [6.45, 7) is 0. The van der Waals surface area contributed by atoms with Crippen molar-refractivity contribution in [1.82, 2.24) is 10.4 Å². The molecule has 0 unspecified atom stereocenters. The Kier molecular flexibility index (Phi) is 6.76. The third kappa shape index (κ3) is 5.16. The monoisotopic (exact) mass is 494 g/mol. The van der Waals surface area contributed by atoms with Crippen LogP contribution in [0.3, 0.4) is 0 Å². The van der Waals surface area contributed by atoms with E-state index in [0.29, 0.717) is 11.3 Å². The second kappa shape index (κ2) is 9.90. The summed E-state index contributed by atoms with van der Waals surface area (Å²) in [6, 6.07) is 21.5. The lowest BCUT2D eigenvalue weighted by atomic mass is 10.2.